The summed E-state index contributed by atoms with van der Waals surface area (Å²) in [4.78, 5) is 29.7. The van der Waals surface area contributed by atoms with Gasteiger partial charge in [0.05, 0.1) is 18.3 Å². The highest BCUT2D eigenvalue weighted by Crippen LogP contribution is 2.60. The van der Waals surface area contributed by atoms with Crippen molar-refractivity contribution >= 4 is 31.6 Å². The molecule has 0 radical (unpaired) electrons. The second-order valence-electron chi connectivity index (χ2n) is 9.41. The molecule has 3 heterocycles. The van der Waals surface area contributed by atoms with Crippen LogP contribution in [-0.4, -0.2) is 64.2 Å². The Morgan fingerprint density at radius 2 is 2.16 bits per heavy atom. The molecule has 32 heavy (non-hydrogen) atoms. The minimum Gasteiger partial charge on any atom is -0.396 e. The van der Waals surface area contributed by atoms with Crippen molar-refractivity contribution in [3.8, 4) is 0 Å². The average molecular weight is 462 g/mol. The molecule has 1 aromatic rings. The van der Waals surface area contributed by atoms with E-state index in [4.69, 9.17) is 4.74 Å². The van der Waals surface area contributed by atoms with Crippen LogP contribution in [0.25, 0.3) is 0 Å². The lowest BCUT2D eigenvalue weighted by molar-refractivity contribution is -0.146. The molecule has 0 aliphatic carbocycles. The number of nitrogens with zero attached hydrogens (tertiary/aromatic N) is 2. The largest absolute Gasteiger partial charge is 0.396 e. The standard InChI is InChI=1S/C23H32FN3O4Si/c1-5-10-27-18-7-6-16(26-11-9-25-14-20(26)29)13-17(18)23(22(27)30)15(2)21(32(3,4)24)19(31-23)8-12-28/h5-7,13,15,19,21,25,28H,1,8-12,14H2,2-4H3/t15-,19+,21-,23+/m0/s1. The van der Waals surface area contributed by atoms with Crippen LogP contribution in [0.15, 0.2) is 30.9 Å². The van der Waals surface area contributed by atoms with Crippen LogP contribution < -0.4 is 15.1 Å². The Hall–Kier alpha value is -2.07. The molecule has 1 spiro atoms. The van der Waals surface area contributed by atoms with Gasteiger partial charge in [0.15, 0.2) is 5.60 Å². The molecule has 2 N–H and O–H groups in total. The van der Waals surface area contributed by atoms with Crippen LogP contribution >= 0.6 is 0 Å². The van der Waals surface area contributed by atoms with Gasteiger partial charge in [0.2, 0.25) is 14.3 Å². The van der Waals surface area contributed by atoms with E-state index in [9.17, 15) is 14.7 Å². The first-order chi connectivity index (χ1) is 15.2. The van der Waals surface area contributed by atoms with Crippen LogP contribution in [0.4, 0.5) is 15.5 Å². The summed E-state index contributed by atoms with van der Waals surface area (Å²) >= 11 is 0. The maximum Gasteiger partial charge on any atom is 0.264 e. The number of rotatable bonds is 6. The molecule has 0 aromatic heterocycles. The summed E-state index contributed by atoms with van der Waals surface area (Å²) in [6, 6.07) is 5.56. The zero-order valence-corrected chi connectivity index (χ0v) is 19.9. The molecule has 4 atom stereocenters. The van der Waals surface area contributed by atoms with Crippen LogP contribution in [0.3, 0.4) is 0 Å². The Balaban J connectivity index is 1.86. The van der Waals surface area contributed by atoms with Crippen LogP contribution in [-0.2, 0) is 19.9 Å². The van der Waals surface area contributed by atoms with Crippen molar-refractivity contribution in [1.29, 1.82) is 0 Å². The minimum absolute atomic E-state index is 0.0359. The van der Waals surface area contributed by atoms with E-state index in [1.54, 1.807) is 29.0 Å². The van der Waals surface area contributed by atoms with Gasteiger partial charge in [-0.3, -0.25) is 9.59 Å². The van der Waals surface area contributed by atoms with Gasteiger partial charge in [-0.1, -0.05) is 13.0 Å². The lowest BCUT2D eigenvalue weighted by atomic mass is 9.82. The number of aliphatic hydroxyl groups excluding tert-OH is 1. The fraction of sp³-hybridized carbons (Fsp3) is 0.565. The molecule has 0 saturated carbocycles. The summed E-state index contributed by atoms with van der Waals surface area (Å²) in [5, 5.41) is 12.7. The van der Waals surface area contributed by atoms with Gasteiger partial charge in [-0.2, -0.15) is 0 Å². The summed E-state index contributed by atoms with van der Waals surface area (Å²) in [6.45, 7) is 10.6. The summed E-state index contributed by atoms with van der Waals surface area (Å²) < 4.78 is 22.0. The molecule has 1 aromatic carbocycles. The molecule has 2 saturated heterocycles. The number of benzene rings is 1. The molecule has 174 valence electrons. The molecule has 4 rings (SSSR count). The van der Waals surface area contributed by atoms with Crippen molar-refractivity contribution in [2.45, 2.75) is 43.7 Å². The highest BCUT2D eigenvalue weighted by molar-refractivity contribution is 6.72. The van der Waals surface area contributed by atoms with Gasteiger partial charge >= 0.3 is 0 Å². The molecule has 0 bridgehead atoms. The minimum atomic E-state index is -3.23. The maximum absolute atomic E-state index is 15.5. The summed E-state index contributed by atoms with van der Waals surface area (Å²) in [5.74, 6) is -0.681. The molecule has 3 aliphatic heterocycles. The number of halogens is 1. The first-order valence-electron chi connectivity index (χ1n) is 11.2. The fourth-order valence-corrected chi connectivity index (χ4v) is 8.33. The van der Waals surface area contributed by atoms with Gasteiger partial charge in [-0.15, -0.1) is 6.58 Å². The van der Waals surface area contributed by atoms with Crippen LogP contribution in [0, 0.1) is 5.92 Å². The lowest BCUT2D eigenvalue weighted by Crippen LogP contribution is -2.48. The van der Waals surface area contributed by atoms with Crippen LogP contribution in [0.2, 0.25) is 18.6 Å². The van der Waals surface area contributed by atoms with Crippen molar-refractivity contribution in [2.24, 2.45) is 5.92 Å². The number of aliphatic hydroxyl groups is 1. The number of nitrogens with one attached hydrogen (secondary N) is 1. The second kappa shape index (κ2) is 8.37. The zero-order valence-electron chi connectivity index (χ0n) is 18.9. The Morgan fingerprint density at radius 3 is 2.78 bits per heavy atom. The molecule has 7 nitrogen and oxygen atoms in total. The van der Waals surface area contributed by atoms with E-state index in [0.29, 0.717) is 36.6 Å². The second-order valence-corrected chi connectivity index (χ2v) is 13.2. The number of hydrogen-bond acceptors (Lipinski definition) is 5. The average Bonchev–Trinajstić information content (AvgIpc) is 3.16. The van der Waals surface area contributed by atoms with Gasteiger partial charge in [0.1, 0.15) is 0 Å². The summed E-state index contributed by atoms with van der Waals surface area (Å²) in [5.41, 5.74) is 0.295. The number of anilines is 2. The number of carbonyl (C=O) groups excluding carboxylic acids is 2. The Morgan fingerprint density at radius 1 is 1.41 bits per heavy atom. The number of hydrogen-bond donors (Lipinski definition) is 2. The van der Waals surface area contributed by atoms with Crippen molar-refractivity contribution in [2.75, 3.05) is 42.6 Å². The maximum atomic E-state index is 15.5. The topological polar surface area (TPSA) is 82.1 Å². The van der Waals surface area contributed by atoms with Crippen molar-refractivity contribution < 1.29 is 23.5 Å². The smallest absolute Gasteiger partial charge is 0.264 e. The normalized spacial score (nSPS) is 30.3. The number of fused-ring (bicyclic) bond motifs is 2. The van der Waals surface area contributed by atoms with Gasteiger partial charge in [0.25, 0.3) is 5.91 Å². The first-order valence-corrected chi connectivity index (χ1v) is 14.2. The van der Waals surface area contributed by atoms with Gasteiger partial charge in [-0.25, -0.2) is 0 Å². The number of carbonyl (C=O) groups is 2. The highest BCUT2D eigenvalue weighted by atomic mass is 28.4. The zero-order chi connectivity index (χ0) is 23.3. The van der Waals surface area contributed by atoms with E-state index in [1.807, 2.05) is 25.1 Å². The third-order valence-corrected chi connectivity index (χ3v) is 9.53. The Labute approximate surface area is 189 Å². The number of piperazine rings is 1. The molecular weight excluding hydrogens is 429 g/mol. The Bertz CT molecular complexity index is 936. The quantitative estimate of drug-likeness (QED) is 0.386. The van der Waals surface area contributed by atoms with Crippen molar-refractivity contribution in [1.82, 2.24) is 5.32 Å². The van der Waals surface area contributed by atoms with Crippen LogP contribution in [0.1, 0.15) is 18.9 Å². The molecule has 9 heteroatoms. The van der Waals surface area contributed by atoms with E-state index in [-0.39, 0.29) is 31.4 Å². The number of amides is 2. The molecule has 2 amide bonds. The van der Waals surface area contributed by atoms with E-state index >= 15 is 4.11 Å². The first kappa shape index (κ1) is 23.1. The van der Waals surface area contributed by atoms with E-state index in [0.717, 1.165) is 0 Å². The van der Waals surface area contributed by atoms with Gasteiger partial charge in [0, 0.05) is 49.0 Å². The van der Waals surface area contributed by atoms with Crippen molar-refractivity contribution in [3.05, 3.63) is 36.4 Å². The molecular formula is C23H32FN3O4Si. The summed E-state index contributed by atoms with van der Waals surface area (Å²) in [6.07, 6.45) is 1.38. The van der Waals surface area contributed by atoms with Gasteiger partial charge < -0.3 is 29.1 Å². The monoisotopic (exact) mass is 461 g/mol. The summed E-state index contributed by atoms with van der Waals surface area (Å²) in [7, 11) is -3.23. The van der Waals surface area contributed by atoms with E-state index < -0.39 is 31.6 Å². The third kappa shape index (κ3) is 3.42. The molecule has 2 fully saturated rings. The highest BCUT2D eigenvalue weighted by Gasteiger charge is 2.66. The Kier molecular flexibility index (Phi) is 6.04. The van der Waals surface area contributed by atoms with E-state index in [2.05, 4.69) is 11.9 Å². The van der Waals surface area contributed by atoms with E-state index in [1.165, 1.54) is 0 Å². The SMILES string of the molecule is C=CCN1C(=O)[C@]2(O[C@H](CCO)[C@@H]([Si](C)(C)F)[C@@H]2C)c2cc(N3CCNCC3=O)ccc21. The van der Waals surface area contributed by atoms with Crippen LogP contribution in [0.5, 0.6) is 0 Å². The third-order valence-electron chi connectivity index (χ3n) is 7.07. The fourth-order valence-electron chi connectivity index (χ4n) is 5.79. The molecule has 3 aliphatic rings. The molecule has 0 unspecified atom stereocenters. The van der Waals surface area contributed by atoms with Gasteiger partial charge in [-0.05, 0) is 37.7 Å². The number of ether oxygens (including phenoxy) is 1. The predicted octanol–water partition coefficient (Wildman–Crippen LogP) is 2.31. The predicted molar refractivity (Wildman–Crippen MR) is 124 cm³/mol. The van der Waals surface area contributed by atoms with Crippen molar-refractivity contribution in [3.63, 3.8) is 0 Å². The lowest BCUT2D eigenvalue weighted by Gasteiger charge is -2.32.